The zero-order chi connectivity index (χ0) is 13.9. The molecule has 2 N–H and O–H groups in total. The molecular formula is C13H15F3N2O. The fraction of sp³-hybridized carbons (Fsp3) is 0.462. The van der Waals surface area contributed by atoms with Crippen molar-refractivity contribution in [2.45, 2.75) is 25.1 Å². The van der Waals surface area contributed by atoms with Crippen LogP contribution in [-0.2, 0) is 17.3 Å². The van der Waals surface area contributed by atoms with Gasteiger partial charge in [0.25, 0.3) is 0 Å². The molecule has 1 heterocycles. The van der Waals surface area contributed by atoms with Crippen molar-refractivity contribution in [2.24, 2.45) is 10.7 Å². The Kier molecular flexibility index (Phi) is 4.09. The third kappa shape index (κ3) is 3.70. The van der Waals surface area contributed by atoms with Crippen molar-refractivity contribution in [3.63, 3.8) is 0 Å². The molecular weight excluding hydrogens is 257 g/mol. The molecule has 0 amide bonds. The number of alkyl halides is 3. The van der Waals surface area contributed by atoms with E-state index in [4.69, 9.17) is 10.5 Å². The van der Waals surface area contributed by atoms with E-state index in [1.54, 1.807) is 6.07 Å². The first-order valence-electron chi connectivity index (χ1n) is 6.04. The minimum absolute atomic E-state index is 0.120. The van der Waals surface area contributed by atoms with E-state index in [0.29, 0.717) is 37.5 Å². The van der Waals surface area contributed by atoms with E-state index in [9.17, 15) is 13.2 Å². The summed E-state index contributed by atoms with van der Waals surface area (Å²) in [6.45, 7) is 0.862. The summed E-state index contributed by atoms with van der Waals surface area (Å²) in [7, 11) is 0. The molecule has 0 saturated heterocycles. The van der Waals surface area contributed by atoms with Gasteiger partial charge in [0.05, 0.1) is 11.6 Å². The van der Waals surface area contributed by atoms with E-state index in [0.717, 1.165) is 12.1 Å². The van der Waals surface area contributed by atoms with Gasteiger partial charge in [0, 0.05) is 13.0 Å². The molecule has 0 aromatic heterocycles. The number of rotatable bonds is 4. The van der Waals surface area contributed by atoms with Gasteiger partial charge in [-0.05, 0) is 18.1 Å². The summed E-state index contributed by atoms with van der Waals surface area (Å²) in [4.78, 5) is 4.30. The molecule has 3 nitrogen and oxygen atoms in total. The van der Waals surface area contributed by atoms with Crippen LogP contribution in [0.5, 0.6) is 0 Å². The van der Waals surface area contributed by atoms with Crippen molar-refractivity contribution in [1.82, 2.24) is 0 Å². The average Bonchev–Trinajstić information content (AvgIpc) is 2.76. The lowest BCUT2D eigenvalue weighted by Crippen LogP contribution is -2.11. The van der Waals surface area contributed by atoms with Crippen LogP contribution in [0, 0.1) is 0 Å². The van der Waals surface area contributed by atoms with E-state index >= 15 is 0 Å². The van der Waals surface area contributed by atoms with Crippen molar-refractivity contribution in [3.8, 4) is 0 Å². The Morgan fingerprint density at radius 1 is 1.37 bits per heavy atom. The van der Waals surface area contributed by atoms with Crippen LogP contribution in [0.4, 0.5) is 13.2 Å². The third-order valence-electron chi connectivity index (χ3n) is 2.85. The van der Waals surface area contributed by atoms with Gasteiger partial charge in [-0.3, -0.25) is 0 Å². The van der Waals surface area contributed by atoms with Crippen LogP contribution in [-0.4, -0.2) is 25.1 Å². The number of nitrogens with two attached hydrogens (primary N) is 1. The largest absolute Gasteiger partial charge is 0.479 e. The predicted molar refractivity (Wildman–Crippen MR) is 66.0 cm³/mol. The molecule has 0 spiro atoms. The summed E-state index contributed by atoms with van der Waals surface area (Å²) >= 11 is 0. The maximum absolute atomic E-state index is 12.6. The minimum Gasteiger partial charge on any atom is -0.479 e. The van der Waals surface area contributed by atoms with Crippen molar-refractivity contribution in [1.29, 1.82) is 0 Å². The normalized spacial score (nSPS) is 19.2. The number of nitrogens with zero attached hydrogens (tertiary/aromatic N) is 1. The molecule has 19 heavy (non-hydrogen) atoms. The molecule has 1 unspecified atom stereocenters. The molecule has 2 rings (SSSR count). The van der Waals surface area contributed by atoms with Gasteiger partial charge >= 0.3 is 6.18 Å². The van der Waals surface area contributed by atoms with Crippen LogP contribution >= 0.6 is 0 Å². The molecule has 1 aromatic carbocycles. The Bertz CT molecular complexity index is 471. The Balaban J connectivity index is 2.04. The SMILES string of the molecule is NCCC1=NC(Cc2cccc(C(F)(F)F)c2)CO1. The van der Waals surface area contributed by atoms with Gasteiger partial charge in [0.2, 0.25) is 0 Å². The van der Waals surface area contributed by atoms with Gasteiger partial charge < -0.3 is 10.5 Å². The highest BCUT2D eigenvalue weighted by Crippen LogP contribution is 2.30. The number of benzene rings is 1. The number of hydrogen-bond donors (Lipinski definition) is 1. The second kappa shape index (κ2) is 5.61. The lowest BCUT2D eigenvalue weighted by molar-refractivity contribution is -0.137. The predicted octanol–water partition coefficient (Wildman–Crippen LogP) is 2.39. The highest BCUT2D eigenvalue weighted by molar-refractivity contribution is 5.77. The monoisotopic (exact) mass is 272 g/mol. The smallest absolute Gasteiger partial charge is 0.416 e. The molecule has 0 bridgehead atoms. The molecule has 0 aliphatic carbocycles. The molecule has 6 heteroatoms. The van der Waals surface area contributed by atoms with E-state index in [-0.39, 0.29) is 6.04 Å². The molecule has 104 valence electrons. The van der Waals surface area contributed by atoms with Gasteiger partial charge in [-0.25, -0.2) is 4.99 Å². The third-order valence-corrected chi connectivity index (χ3v) is 2.85. The summed E-state index contributed by atoms with van der Waals surface area (Å²) in [6, 6.07) is 5.20. The molecule has 1 aliphatic heterocycles. The number of aliphatic imine (C=N–C) groups is 1. The standard InChI is InChI=1S/C13H15F3N2O/c14-13(15,16)10-3-1-2-9(6-10)7-11-8-19-12(18-11)4-5-17/h1-3,6,11H,4-5,7-8,17H2. The zero-order valence-electron chi connectivity index (χ0n) is 10.3. The highest BCUT2D eigenvalue weighted by Gasteiger charge is 2.30. The Morgan fingerprint density at radius 3 is 2.84 bits per heavy atom. The number of halogens is 3. The van der Waals surface area contributed by atoms with Crippen LogP contribution in [0.3, 0.4) is 0 Å². The first-order valence-corrected chi connectivity index (χ1v) is 6.04. The van der Waals surface area contributed by atoms with E-state index in [2.05, 4.69) is 4.99 Å². The van der Waals surface area contributed by atoms with Gasteiger partial charge in [-0.2, -0.15) is 13.2 Å². The average molecular weight is 272 g/mol. The molecule has 0 fully saturated rings. The first-order chi connectivity index (χ1) is 8.99. The summed E-state index contributed by atoms with van der Waals surface area (Å²) < 4.78 is 43.1. The lowest BCUT2D eigenvalue weighted by atomic mass is 10.0. The molecule has 0 radical (unpaired) electrons. The summed E-state index contributed by atoms with van der Waals surface area (Å²) in [5.74, 6) is 0.597. The molecule has 0 saturated carbocycles. The maximum Gasteiger partial charge on any atom is 0.416 e. The van der Waals surface area contributed by atoms with Gasteiger partial charge in [-0.15, -0.1) is 0 Å². The van der Waals surface area contributed by atoms with Gasteiger partial charge in [-0.1, -0.05) is 18.2 Å². The topological polar surface area (TPSA) is 47.6 Å². The lowest BCUT2D eigenvalue weighted by Gasteiger charge is -2.10. The Morgan fingerprint density at radius 2 is 2.16 bits per heavy atom. The van der Waals surface area contributed by atoms with Gasteiger partial charge in [0.1, 0.15) is 6.61 Å². The van der Waals surface area contributed by atoms with E-state index in [1.165, 1.54) is 6.07 Å². The molecule has 1 aromatic rings. The van der Waals surface area contributed by atoms with Crippen molar-refractivity contribution in [3.05, 3.63) is 35.4 Å². The van der Waals surface area contributed by atoms with Crippen molar-refractivity contribution in [2.75, 3.05) is 13.2 Å². The summed E-state index contributed by atoms with van der Waals surface area (Å²) in [6.07, 6.45) is -3.30. The zero-order valence-corrected chi connectivity index (χ0v) is 10.3. The number of hydrogen-bond acceptors (Lipinski definition) is 3. The van der Waals surface area contributed by atoms with Gasteiger partial charge in [0.15, 0.2) is 5.90 Å². The fourth-order valence-electron chi connectivity index (χ4n) is 1.98. The quantitative estimate of drug-likeness (QED) is 0.914. The first kappa shape index (κ1) is 13.9. The van der Waals surface area contributed by atoms with Crippen molar-refractivity contribution < 1.29 is 17.9 Å². The van der Waals surface area contributed by atoms with Crippen LogP contribution in [0.2, 0.25) is 0 Å². The second-order valence-corrected chi connectivity index (χ2v) is 4.43. The van der Waals surface area contributed by atoms with Crippen molar-refractivity contribution >= 4 is 5.90 Å². The van der Waals surface area contributed by atoms with Crippen LogP contribution in [0.25, 0.3) is 0 Å². The molecule has 1 aliphatic rings. The van der Waals surface area contributed by atoms with Crippen LogP contribution in [0.1, 0.15) is 17.5 Å². The van der Waals surface area contributed by atoms with Crippen LogP contribution in [0.15, 0.2) is 29.3 Å². The Hall–Kier alpha value is -1.56. The molecule has 1 atom stereocenters. The Labute approximate surface area is 109 Å². The maximum atomic E-state index is 12.6. The van der Waals surface area contributed by atoms with Crippen LogP contribution < -0.4 is 5.73 Å². The summed E-state index contributed by atoms with van der Waals surface area (Å²) in [5.41, 5.74) is 5.37. The van der Waals surface area contributed by atoms with E-state index in [1.807, 2.05) is 0 Å². The summed E-state index contributed by atoms with van der Waals surface area (Å²) in [5, 5.41) is 0. The number of ether oxygens (including phenoxy) is 1. The van der Waals surface area contributed by atoms with E-state index < -0.39 is 11.7 Å². The highest BCUT2D eigenvalue weighted by atomic mass is 19.4. The second-order valence-electron chi connectivity index (χ2n) is 4.43. The fourth-order valence-corrected chi connectivity index (χ4v) is 1.98. The minimum atomic E-state index is -4.31.